The summed E-state index contributed by atoms with van der Waals surface area (Å²) in [6.07, 6.45) is 3.41. The molecule has 7 heteroatoms. The van der Waals surface area contributed by atoms with Crippen LogP contribution in [0.3, 0.4) is 0 Å². The summed E-state index contributed by atoms with van der Waals surface area (Å²) >= 11 is 0. The van der Waals surface area contributed by atoms with Gasteiger partial charge in [0.05, 0.1) is 5.41 Å². The number of ether oxygens (including phenoxy) is 1. The lowest BCUT2D eigenvalue weighted by molar-refractivity contribution is -0.121. The number of aryl methyl sites for hydroxylation is 1. The number of anilines is 1. The topological polar surface area (TPSA) is 82.4 Å². The van der Waals surface area contributed by atoms with E-state index in [-0.39, 0.29) is 19.2 Å². The highest BCUT2D eigenvalue weighted by molar-refractivity contribution is 6.67. The van der Waals surface area contributed by atoms with E-state index >= 15 is 0 Å². The van der Waals surface area contributed by atoms with Gasteiger partial charge in [-0.3, -0.25) is 4.79 Å². The highest BCUT2D eigenvalue weighted by Crippen LogP contribution is 2.44. The van der Waals surface area contributed by atoms with Crippen LogP contribution >= 0.6 is 0 Å². The molecule has 1 N–H and O–H groups in total. The molecule has 2 heterocycles. The lowest BCUT2D eigenvalue weighted by Crippen LogP contribution is -2.37. The maximum atomic E-state index is 11.9. The third-order valence-electron chi connectivity index (χ3n) is 5.64. The van der Waals surface area contributed by atoms with Gasteiger partial charge in [-0.2, -0.15) is 0 Å². The standard InChI is InChI=1S/C19H24BN3O3/c1-14-9-15-17(10-16(14)23-7-5-20(13-21)6-8-23)26-12-19(15,11-24)4-3-18(25)22-2/h9-11H,3-8,12H2,1-2H3,(H,22,25). The van der Waals surface area contributed by atoms with E-state index in [1.807, 2.05) is 19.1 Å². The number of amides is 1. The van der Waals surface area contributed by atoms with Crippen molar-refractivity contribution in [3.63, 3.8) is 0 Å². The second-order valence-electron chi connectivity index (χ2n) is 7.26. The molecule has 6 nitrogen and oxygen atoms in total. The summed E-state index contributed by atoms with van der Waals surface area (Å²) in [5.74, 6) is 3.01. The van der Waals surface area contributed by atoms with E-state index < -0.39 is 5.41 Å². The zero-order chi connectivity index (χ0) is 18.7. The Morgan fingerprint density at radius 3 is 2.81 bits per heavy atom. The molecule has 1 saturated heterocycles. The maximum Gasteiger partial charge on any atom is 0.271 e. The van der Waals surface area contributed by atoms with Gasteiger partial charge in [0, 0.05) is 49.8 Å². The van der Waals surface area contributed by atoms with Crippen molar-refractivity contribution in [2.75, 3.05) is 31.6 Å². The molecule has 0 radical (unpaired) electrons. The number of carbonyl (C=O) groups is 2. The molecule has 0 spiro atoms. The number of nitrogens with zero attached hydrogens (tertiary/aromatic N) is 2. The molecule has 1 unspecified atom stereocenters. The van der Waals surface area contributed by atoms with E-state index in [4.69, 9.17) is 10.00 Å². The minimum atomic E-state index is -0.751. The molecule has 0 bridgehead atoms. The fourth-order valence-corrected chi connectivity index (χ4v) is 3.89. The first-order valence-electron chi connectivity index (χ1n) is 9.12. The van der Waals surface area contributed by atoms with Gasteiger partial charge >= 0.3 is 0 Å². The Balaban J connectivity index is 1.84. The molecule has 2 aliphatic heterocycles. The lowest BCUT2D eigenvalue weighted by atomic mass is 9.45. The van der Waals surface area contributed by atoms with Crippen molar-refractivity contribution in [1.29, 1.82) is 5.26 Å². The third-order valence-corrected chi connectivity index (χ3v) is 5.64. The molecule has 1 fully saturated rings. The van der Waals surface area contributed by atoms with Gasteiger partial charge in [-0.05, 0) is 37.6 Å². The smallest absolute Gasteiger partial charge is 0.271 e. The van der Waals surface area contributed by atoms with E-state index in [1.54, 1.807) is 7.05 Å². The van der Waals surface area contributed by atoms with E-state index in [1.165, 1.54) is 0 Å². The number of nitrogens with one attached hydrogen (secondary N) is 1. The summed E-state index contributed by atoms with van der Waals surface area (Å²) < 4.78 is 5.86. The van der Waals surface area contributed by atoms with Gasteiger partial charge < -0.3 is 19.7 Å². The number of nitriles is 1. The molecule has 0 aliphatic carbocycles. The van der Waals surface area contributed by atoms with Crippen LogP contribution < -0.4 is 15.0 Å². The van der Waals surface area contributed by atoms with E-state index in [2.05, 4.69) is 16.2 Å². The summed E-state index contributed by atoms with van der Waals surface area (Å²) in [7, 11) is 1.60. The van der Waals surface area contributed by atoms with Crippen LogP contribution in [0.2, 0.25) is 12.6 Å². The SMILES string of the molecule is CNC(=O)CCC1(C=O)COc2cc(N3CCB(C#N)CC3)c(C)cc21. The van der Waals surface area contributed by atoms with Gasteiger partial charge in [0.1, 0.15) is 18.6 Å². The Bertz CT molecular complexity index is 753. The summed E-state index contributed by atoms with van der Waals surface area (Å²) in [6, 6.07) is 4.05. The Hall–Kier alpha value is -2.49. The predicted octanol–water partition coefficient (Wildman–Crippen LogP) is 1.73. The molecular weight excluding hydrogens is 329 g/mol. The Kier molecular flexibility index (Phi) is 5.22. The maximum absolute atomic E-state index is 11.9. The predicted molar refractivity (Wildman–Crippen MR) is 101 cm³/mol. The van der Waals surface area contributed by atoms with Crippen LogP contribution in [0.15, 0.2) is 12.1 Å². The third kappa shape index (κ3) is 3.28. The molecule has 1 aromatic rings. The van der Waals surface area contributed by atoms with Crippen molar-refractivity contribution < 1.29 is 14.3 Å². The van der Waals surface area contributed by atoms with E-state index in [0.717, 1.165) is 54.6 Å². The largest absolute Gasteiger partial charge is 0.492 e. The quantitative estimate of drug-likeness (QED) is 0.644. The molecule has 2 aliphatic rings. The van der Waals surface area contributed by atoms with Crippen LogP contribution in [-0.2, 0) is 15.0 Å². The number of aldehydes is 1. The van der Waals surface area contributed by atoms with Gasteiger partial charge in [-0.25, -0.2) is 5.26 Å². The van der Waals surface area contributed by atoms with Crippen molar-refractivity contribution in [2.24, 2.45) is 0 Å². The minimum absolute atomic E-state index is 0.0756. The average Bonchev–Trinajstić information content (AvgIpc) is 3.03. The fourth-order valence-electron chi connectivity index (χ4n) is 3.89. The van der Waals surface area contributed by atoms with Crippen LogP contribution in [0.1, 0.15) is 24.0 Å². The van der Waals surface area contributed by atoms with Crippen molar-refractivity contribution in [1.82, 2.24) is 5.32 Å². The molecule has 0 saturated carbocycles. The van der Waals surface area contributed by atoms with Crippen LogP contribution in [0.5, 0.6) is 5.75 Å². The average molecular weight is 353 g/mol. The van der Waals surface area contributed by atoms with Gasteiger partial charge in [-0.15, -0.1) is 0 Å². The first kappa shape index (κ1) is 18.3. The number of rotatable bonds is 5. The number of benzene rings is 1. The Morgan fingerprint density at radius 1 is 1.46 bits per heavy atom. The van der Waals surface area contributed by atoms with Crippen molar-refractivity contribution in [3.8, 4) is 11.7 Å². The van der Waals surface area contributed by atoms with Crippen LogP contribution in [0.4, 0.5) is 5.69 Å². The normalized spacial score (nSPS) is 21.6. The second-order valence-corrected chi connectivity index (χ2v) is 7.26. The summed E-state index contributed by atoms with van der Waals surface area (Å²) in [4.78, 5) is 25.8. The van der Waals surface area contributed by atoms with Crippen molar-refractivity contribution in [2.45, 2.75) is 37.8 Å². The Labute approximate surface area is 154 Å². The van der Waals surface area contributed by atoms with Gasteiger partial charge in [0.15, 0.2) is 0 Å². The van der Waals surface area contributed by atoms with Gasteiger partial charge in [0.2, 0.25) is 5.91 Å². The number of carbonyl (C=O) groups excluding carboxylic acids is 2. The highest BCUT2D eigenvalue weighted by atomic mass is 16.5. The highest BCUT2D eigenvalue weighted by Gasteiger charge is 2.41. The van der Waals surface area contributed by atoms with E-state index in [9.17, 15) is 9.59 Å². The number of fused-ring (bicyclic) bond motifs is 1. The molecule has 26 heavy (non-hydrogen) atoms. The molecular formula is C19H24BN3O3. The lowest BCUT2D eigenvalue weighted by Gasteiger charge is -2.31. The molecule has 3 rings (SSSR count). The Morgan fingerprint density at radius 2 is 2.19 bits per heavy atom. The number of hydrogen-bond donors (Lipinski definition) is 1. The first-order valence-corrected chi connectivity index (χ1v) is 9.12. The zero-order valence-corrected chi connectivity index (χ0v) is 15.4. The van der Waals surface area contributed by atoms with Crippen molar-refractivity contribution in [3.05, 3.63) is 23.3 Å². The summed E-state index contributed by atoms with van der Waals surface area (Å²) in [5, 5.41) is 11.7. The molecule has 136 valence electrons. The second kappa shape index (κ2) is 7.41. The molecule has 1 aromatic carbocycles. The number of hydrogen-bond acceptors (Lipinski definition) is 5. The minimum Gasteiger partial charge on any atom is -0.492 e. The monoisotopic (exact) mass is 353 g/mol. The molecule has 1 amide bonds. The zero-order valence-electron chi connectivity index (χ0n) is 15.4. The van der Waals surface area contributed by atoms with Crippen molar-refractivity contribution >= 4 is 24.6 Å². The molecule has 1 atom stereocenters. The van der Waals surface area contributed by atoms with E-state index in [0.29, 0.717) is 12.8 Å². The molecule has 0 aromatic heterocycles. The van der Waals surface area contributed by atoms with Crippen LogP contribution in [0.25, 0.3) is 0 Å². The summed E-state index contributed by atoms with van der Waals surface area (Å²) in [5.41, 5.74) is 2.33. The van der Waals surface area contributed by atoms with Crippen LogP contribution in [-0.4, -0.2) is 45.7 Å². The van der Waals surface area contributed by atoms with Gasteiger partial charge in [0.25, 0.3) is 6.71 Å². The van der Waals surface area contributed by atoms with Crippen LogP contribution in [0, 0.1) is 18.2 Å². The summed E-state index contributed by atoms with van der Waals surface area (Å²) in [6.45, 7) is 4.17. The fraction of sp³-hybridized carbons (Fsp3) is 0.526. The first-order chi connectivity index (χ1) is 12.5. The van der Waals surface area contributed by atoms with Gasteiger partial charge in [-0.1, -0.05) is 0 Å².